The van der Waals surface area contributed by atoms with Crippen molar-refractivity contribution in [3.05, 3.63) is 58.1 Å². The summed E-state index contributed by atoms with van der Waals surface area (Å²) >= 11 is 6.03. The standard InChI is InChI=1S/C24H30ClN3O2/c1-6-28-21-11-16(2)18(12-19(21)17(3)13-24(28,4)5)14-26-27-23(29)15-30-22-10-8-7-9-20(22)25/h7-12,14,17H,6,13,15H2,1-5H3,(H,27,29)/b26-14+/t17-/m0/s1. The average Bonchev–Trinajstić information content (AvgIpc) is 2.68. The molecule has 1 N–H and O–H groups in total. The van der Waals surface area contributed by atoms with Gasteiger partial charge in [-0.3, -0.25) is 4.79 Å². The van der Waals surface area contributed by atoms with E-state index in [2.05, 4.69) is 62.2 Å². The zero-order valence-corrected chi connectivity index (χ0v) is 19.1. The number of halogens is 1. The Kier molecular flexibility index (Phi) is 6.71. The van der Waals surface area contributed by atoms with Crippen molar-refractivity contribution in [2.75, 3.05) is 18.1 Å². The van der Waals surface area contributed by atoms with Crippen molar-refractivity contribution in [2.45, 2.75) is 52.5 Å². The minimum absolute atomic E-state index is 0.138. The molecule has 2 aromatic carbocycles. The lowest BCUT2D eigenvalue weighted by Gasteiger charge is -2.47. The molecule has 0 saturated carbocycles. The third-order valence-electron chi connectivity index (χ3n) is 5.68. The van der Waals surface area contributed by atoms with E-state index < -0.39 is 0 Å². The highest BCUT2D eigenvalue weighted by Gasteiger charge is 2.35. The second kappa shape index (κ2) is 9.09. The van der Waals surface area contributed by atoms with Gasteiger partial charge < -0.3 is 9.64 Å². The van der Waals surface area contributed by atoms with E-state index in [-0.39, 0.29) is 18.1 Å². The molecule has 0 bridgehead atoms. The van der Waals surface area contributed by atoms with Crippen LogP contribution in [-0.2, 0) is 4.79 Å². The molecule has 3 rings (SSSR count). The van der Waals surface area contributed by atoms with Crippen LogP contribution in [-0.4, -0.2) is 30.8 Å². The van der Waals surface area contributed by atoms with Gasteiger partial charge in [0.15, 0.2) is 6.61 Å². The molecule has 1 aliphatic rings. The highest BCUT2D eigenvalue weighted by atomic mass is 35.5. The number of amides is 1. The number of hydrogen-bond acceptors (Lipinski definition) is 4. The Morgan fingerprint density at radius 1 is 1.37 bits per heavy atom. The number of hydrogen-bond donors (Lipinski definition) is 1. The smallest absolute Gasteiger partial charge is 0.277 e. The van der Waals surface area contributed by atoms with Crippen LogP contribution in [0.3, 0.4) is 0 Å². The predicted octanol–water partition coefficient (Wildman–Crippen LogP) is 5.29. The number of aryl methyl sites for hydroxylation is 1. The minimum atomic E-state index is -0.339. The van der Waals surface area contributed by atoms with Gasteiger partial charge in [-0.25, -0.2) is 5.43 Å². The van der Waals surface area contributed by atoms with Gasteiger partial charge in [-0.2, -0.15) is 5.10 Å². The number of fused-ring (bicyclic) bond motifs is 1. The summed E-state index contributed by atoms with van der Waals surface area (Å²) in [5.41, 5.74) is 7.42. The van der Waals surface area contributed by atoms with Gasteiger partial charge in [0, 0.05) is 17.8 Å². The third kappa shape index (κ3) is 4.78. The van der Waals surface area contributed by atoms with Gasteiger partial charge >= 0.3 is 0 Å². The predicted molar refractivity (Wildman–Crippen MR) is 124 cm³/mol. The van der Waals surface area contributed by atoms with Gasteiger partial charge in [0.1, 0.15) is 5.75 Å². The largest absolute Gasteiger partial charge is 0.482 e. The summed E-state index contributed by atoms with van der Waals surface area (Å²) in [6.07, 6.45) is 2.80. The van der Waals surface area contributed by atoms with Crippen LogP contribution in [0.25, 0.3) is 0 Å². The van der Waals surface area contributed by atoms with Gasteiger partial charge in [0.25, 0.3) is 5.91 Å². The molecule has 0 unspecified atom stereocenters. The first-order chi connectivity index (χ1) is 14.2. The molecule has 0 aliphatic carbocycles. The van der Waals surface area contributed by atoms with Crippen LogP contribution in [0.4, 0.5) is 5.69 Å². The summed E-state index contributed by atoms with van der Waals surface area (Å²) in [4.78, 5) is 14.5. The number of benzene rings is 2. The van der Waals surface area contributed by atoms with Crippen molar-refractivity contribution in [3.8, 4) is 5.75 Å². The van der Waals surface area contributed by atoms with Crippen molar-refractivity contribution in [2.24, 2.45) is 5.10 Å². The fourth-order valence-electron chi connectivity index (χ4n) is 4.30. The second-order valence-corrected chi connectivity index (χ2v) is 8.85. The minimum Gasteiger partial charge on any atom is -0.482 e. The summed E-state index contributed by atoms with van der Waals surface area (Å²) in [6.45, 7) is 12.0. The maximum Gasteiger partial charge on any atom is 0.277 e. The lowest BCUT2D eigenvalue weighted by atomic mass is 9.79. The summed E-state index contributed by atoms with van der Waals surface area (Å²) in [7, 11) is 0. The number of para-hydroxylation sites is 1. The van der Waals surface area contributed by atoms with Crippen LogP contribution in [0.1, 0.15) is 56.7 Å². The van der Waals surface area contributed by atoms with Crippen LogP contribution in [0, 0.1) is 6.92 Å². The number of nitrogens with one attached hydrogen (secondary N) is 1. The molecule has 0 fully saturated rings. The number of carbonyl (C=O) groups excluding carboxylic acids is 1. The van der Waals surface area contributed by atoms with E-state index in [1.54, 1.807) is 24.4 Å². The first-order valence-corrected chi connectivity index (χ1v) is 10.7. The van der Waals surface area contributed by atoms with Crippen molar-refractivity contribution < 1.29 is 9.53 Å². The summed E-state index contributed by atoms with van der Waals surface area (Å²) < 4.78 is 5.43. The maximum atomic E-state index is 12.0. The topological polar surface area (TPSA) is 53.9 Å². The van der Waals surface area contributed by atoms with E-state index in [0.29, 0.717) is 16.7 Å². The molecule has 0 saturated heterocycles. The lowest BCUT2D eigenvalue weighted by Crippen LogP contribution is -2.48. The molecule has 160 valence electrons. The van der Waals surface area contributed by atoms with Crippen LogP contribution >= 0.6 is 11.6 Å². The Hall–Kier alpha value is -2.53. The Balaban J connectivity index is 1.68. The van der Waals surface area contributed by atoms with Crippen molar-refractivity contribution in [1.82, 2.24) is 5.43 Å². The number of hydrazone groups is 1. The van der Waals surface area contributed by atoms with Crippen LogP contribution < -0.4 is 15.1 Å². The summed E-state index contributed by atoms with van der Waals surface area (Å²) in [5, 5.41) is 4.60. The van der Waals surface area contributed by atoms with E-state index in [1.165, 1.54) is 11.3 Å². The Bertz CT molecular complexity index is 955. The number of carbonyl (C=O) groups is 1. The number of nitrogens with zero attached hydrogens (tertiary/aromatic N) is 2. The lowest BCUT2D eigenvalue weighted by molar-refractivity contribution is -0.123. The zero-order chi connectivity index (χ0) is 21.9. The molecule has 0 spiro atoms. The fraction of sp³-hybridized carbons (Fsp3) is 0.417. The number of ether oxygens (including phenoxy) is 1. The normalized spacial score (nSPS) is 17.7. The molecule has 1 heterocycles. The first kappa shape index (κ1) is 22.2. The first-order valence-electron chi connectivity index (χ1n) is 10.3. The highest BCUT2D eigenvalue weighted by Crippen LogP contribution is 2.43. The van der Waals surface area contributed by atoms with Gasteiger partial charge in [-0.1, -0.05) is 30.7 Å². The van der Waals surface area contributed by atoms with Crippen molar-refractivity contribution in [1.29, 1.82) is 0 Å². The van der Waals surface area contributed by atoms with Gasteiger partial charge in [0.05, 0.1) is 11.2 Å². The monoisotopic (exact) mass is 427 g/mol. The molecule has 1 atom stereocenters. The highest BCUT2D eigenvalue weighted by molar-refractivity contribution is 6.32. The molecule has 0 radical (unpaired) electrons. The van der Waals surface area contributed by atoms with E-state index >= 15 is 0 Å². The van der Waals surface area contributed by atoms with Gasteiger partial charge in [-0.05, 0) is 81.0 Å². The van der Waals surface area contributed by atoms with E-state index in [1.807, 2.05) is 6.07 Å². The second-order valence-electron chi connectivity index (χ2n) is 8.44. The third-order valence-corrected chi connectivity index (χ3v) is 5.99. The Morgan fingerprint density at radius 2 is 2.10 bits per heavy atom. The van der Waals surface area contributed by atoms with E-state index in [4.69, 9.17) is 16.3 Å². The molecule has 1 amide bonds. The van der Waals surface area contributed by atoms with Crippen molar-refractivity contribution >= 4 is 29.4 Å². The van der Waals surface area contributed by atoms with Crippen molar-refractivity contribution in [3.63, 3.8) is 0 Å². The van der Waals surface area contributed by atoms with Crippen LogP contribution in [0.5, 0.6) is 5.75 Å². The van der Waals surface area contributed by atoms with E-state index in [0.717, 1.165) is 24.1 Å². The molecule has 30 heavy (non-hydrogen) atoms. The average molecular weight is 428 g/mol. The molecular formula is C24H30ClN3O2. The van der Waals surface area contributed by atoms with Gasteiger partial charge in [0.2, 0.25) is 0 Å². The van der Waals surface area contributed by atoms with Crippen LogP contribution in [0.15, 0.2) is 41.5 Å². The number of anilines is 1. The van der Waals surface area contributed by atoms with Crippen LogP contribution in [0.2, 0.25) is 5.02 Å². The van der Waals surface area contributed by atoms with Gasteiger partial charge in [-0.15, -0.1) is 0 Å². The van der Waals surface area contributed by atoms with E-state index in [9.17, 15) is 4.79 Å². The molecular weight excluding hydrogens is 398 g/mol. The summed E-state index contributed by atoms with van der Waals surface area (Å²) in [5.74, 6) is 0.597. The molecule has 1 aliphatic heterocycles. The quantitative estimate of drug-likeness (QED) is 0.503. The SMILES string of the molecule is CCN1c2cc(C)c(/C=N/NC(=O)COc3ccccc3Cl)cc2[C@@H](C)CC1(C)C. The Labute approximate surface area is 184 Å². The maximum absolute atomic E-state index is 12.0. The number of rotatable bonds is 6. The molecule has 6 heteroatoms. The molecule has 0 aromatic heterocycles. The fourth-order valence-corrected chi connectivity index (χ4v) is 4.49. The zero-order valence-electron chi connectivity index (χ0n) is 18.3. The summed E-state index contributed by atoms with van der Waals surface area (Å²) in [6, 6.07) is 11.5. The molecule has 2 aromatic rings. The Morgan fingerprint density at radius 3 is 2.80 bits per heavy atom. The molecule has 5 nitrogen and oxygen atoms in total.